The van der Waals surface area contributed by atoms with Crippen molar-refractivity contribution in [1.82, 2.24) is 5.32 Å². The number of rotatable bonds is 10. The molecule has 0 fully saturated rings. The molecule has 0 rings (SSSR count). The monoisotopic (exact) mass is 213 g/mol. The molecular formula is C14H31N. The maximum atomic E-state index is 3.33. The molecule has 0 aromatic rings. The molecule has 0 aliphatic heterocycles. The van der Waals surface area contributed by atoms with Crippen LogP contribution in [0, 0.1) is 11.8 Å². The van der Waals surface area contributed by atoms with E-state index in [0.717, 1.165) is 11.8 Å². The first kappa shape index (κ1) is 15.0. The SMILES string of the molecule is CCCCCCCC(CNC)CC(C)C. The lowest BCUT2D eigenvalue weighted by atomic mass is 9.92. The highest BCUT2D eigenvalue weighted by Crippen LogP contribution is 2.18. The number of hydrogen-bond acceptors (Lipinski definition) is 1. The lowest BCUT2D eigenvalue weighted by Crippen LogP contribution is -2.20. The molecule has 0 radical (unpaired) electrons. The number of unbranched alkanes of at least 4 members (excludes halogenated alkanes) is 4. The van der Waals surface area contributed by atoms with E-state index in [4.69, 9.17) is 0 Å². The Morgan fingerprint density at radius 1 is 1.00 bits per heavy atom. The van der Waals surface area contributed by atoms with Gasteiger partial charge in [-0.05, 0) is 38.3 Å². The quantitative estimate of drug-likeness (QED) is 0.536. The van der Waals surface area contributed by atoms with Crippen molar-refractivity contribution in [3.05, 3.63) is 0 Å². The topological polar surface area (TPSA) is 12.0 Å². The van der Waals surface area contributed by atoms with Crippen molar-refractivity contribution in [2.24, 2.45) is 11.8 Å². The van der Waals surface area contributed by atoms with Gasteiger partial charge >= 0.3 is 0 Å². The van der Waals surface area contributed by atoms with E-state index in [1.165, 1.54) is 51.5 Å². The van der Waals surface area contributed by atoms with Crippen molar-refractivity contribution in [2.45, 2.75) is 65.7 Å². The van der Waals surface area contributed by atoms with Gasteiger partial charge in [-0.3, -0.25) is 0 Å². The Labute approximate surface area is 97.0 Å². The fourth-order valence-corrected chi connectivity index (χ4v) is 2.30. The minimum absolute atomic E-state index is 0.846. The van der Waals surface area contributed by atoms with Crippen LogP contribution in [0.5, 0.6) is 0 Å². The second-order valence-corrected chi connectivity index (χ2v) is 5.26. The lowest BCUT2D eigenvalue weighted by Gasteiger charge is -2.18. The molecule has 0 aliphatic carbocycles. The van der Waals surface area contributed by atoms with E-state index >= 15 is 0 Å². The van der Waals surface area contributed by atoms with Crippen molar-refractivity contribution in [3.8, 4) is 0 Å². The molecule has 0 saturated carbocycles. The van der Waals surface area contributed by atoms with Gasteiger partial charge in [0.2, 0.25) is 0 Å². The predicted molar refractivity (Wildman–Crippen MR) is 70.2 cm³/mol. The van der Waals surface area contributed by atoms with Crippen LogP contribution in [0.25, 0.3) is 0 Å². The highest BCUT2D eigenvalue weighted by atomic mass is 14.8. The largest absolute Gasteiger partial charge is 0.319 e. The van der Waals surface area contributed by atoms with E-state index in [1.807, 2.05) is 0 Å². The number of nitrogens with one attached hydrogen (secondary N) is 1. The molecule has 0 spiro atoms. The molecular weight excluding hydrogens is 182 g/mol. The highest BCUT2D eigenvalue weighted by Gasteiger charge is 2.09. The molecule has 15 heavy (non-hydrogen) atoms. The summed E-state index contributed by atoms with van der Waals surface area (Å²) in [7, 11) is 2.07. The zero-order chi connectivity index (χ0) is 11.5. The zero-order valence-electron chi connectivity index (χ0n) is 11.3. The first-order valence-electron chi connectivity index (χ1n) is 6.85. The summed E-state index contributed by atoms with van der Waals surface area (Å²) in [6.07, 6.45) is 9.87. The van der Waals surface area contributed by atoms with Gasteiger partial charge in [0.15, 0.2) is 0 Å². The van der Waals surface area contributed by atoms with Gasteiger partial charge < -0.3 is 5.32 Å². The van der Waals surface area contributed by atoms with Gasteiger partial charge in [-0.25, -0.2) is 0 Å². The van der Waals surface area contributed by atoms with Crippen LogP contribution in [0.2, 0.25) is 0 Å². The van der Waals surface area contributed by atoms with E-state index < -0.39 is 0 Å². The van der Waals surface area contributed by atoms with E-state index in [2.05, 4.69) is 33.1 Å². The fraction of sp³-hybridized carbons (Fsp3) is 1.00. The maximum Gasteiger partial charge on any atom is -0.00234 e. The third-order valence-corrected chi connectivity index (χ3v) is 3.01. The molecule has 0 aromatic heterocycles. The molecule has 0 aliphatic rings. The fourth-order valence-electron chi connectivity index (χ4n) is 2.30. The van der Waals surface area contributed by atoms with Gasteiger partial charge in [0.1, 0.15) is 0 Å². The zero-order valence-corrected chi connectivity index (χ0v) is 11.3. The Balaban J connectivity index is 3.47. The molecule has 0 saturated heterocycles. The van der Waals surface area contributed by atoms with Gasteiger partial charge in [0, 0.05) is 0 Å². The summed E-state index contributed by atoms with van der Waals surface area (Å²) in [6.45, 7) is 8.15. The first-order chi connectivity index (χ1) is 7.20. The van der Waals surface area contributed by atoms with E-state index in [9.17, 15) is 0 Å². The molecule has 0 bridgehead atoms. The minimum Gasteiger partial charge on any atom is -0.319 e. The van der Waals surface area contributed by atoms with Gasteiger partial charge in [0.05, 0.1) is 0 Å². The third-order valence-electron chi connectivity index (χ3n) is 3.01. The van der Waals surface area contributed by atoms with Crippen LogP contribution in [0.4, 0.5) is 0 Å². The van der Waals surface area contributed by atoms with Crippen LogP contribution in [0.3, 0.4) is 0 Å². The first-order valence-corrected chi connectivity index (χ1v) is 6.85. The molecule has 1 N–H and O–H groups in total. The van der Waals surface area contributed by atoms with E-state index in [-0.39, 0.29) is 0 Å². The van der Waals surface area contributed by atoms with Crippen LogP contribution in [0.1, 0.15) is 65.7 Å². The highest BCUT2D eigenvalue weighted by molar-refractivity contribution is 4.63. The Bertz CT molecular complexity index is 121. The molecule has 92 valence electrons. The average Bonchev–Trinajstić information content (AvgIpc) is 2.17. The summed E-state index contributed by atoms with van der Waals surface area (Å²) >= 11 is 0. The van der Waals surface area contributed by atoms with Crippen molar-refractivity contribution >= 4 is 0 Å². The van der Waals surface area contributed by atoms with Crippen LogP contribution in [-0.4, -0.2) is 13.6 Å². The molecule has 0 amide bonds. The standard InChI is InChI=1S/C14H31N/c1-5-6-7-8-9-10-14(12-15-4)11-13(2)3/h13-15H,5-12H2,1-4H3. The maximum absolute atomic E-state index is 3.33. The Hall–Kier alpha value is -0.0400. The Morgan fingerprint density at radius 3 is 2.20 bits per heavy atom. The molecule has 1 atom stereocenters. The van der Waals surface area contributed by atoms with Gasteiger partial charge in [0.25, 0.3) is 0 Å². The van der Waals surface area contributed by atoms with Crippen molar-refractivity contribution in [3.63, 3.8) is 0 Å². The molecule has 1 unspecified atom stereocenters. The smallest absolute Gasteiger partial charge is 0.00234 e. The minimum atomic E-state index is 0.846. The lowest BCUT2D eigenvalue weighted by molar-refractivity contribution is 0.362. The van der Waals surface area contributed by atoms with Crippen LogP contribution < -0.4 is 5.32 Å². The summed E-state index contributed by atoms with van der Waals surface area (Å²) in [5, 5.41) is 3.33. The second kappa shape index (κ2) is 10.5. The molecule has 0 aromatic carbocycles. The molecule has 0 heterocycles. The summed E-state index contributed by atoms with van der Waals surface area (Å²) in [5.41, 5.74) is 0. The summed E-state index contributed by atoms with van der Waals surface area (Å²) < 4.78 is 0. The van der Waals surface area contributed by atoms with E-state index in [1.54, 1.807) is 0 Å². The molecule has 1 heteroatoms. The summed E-state index contributed by atoms with van der Waals surface area (Å²) in [6, 6.07) is 0. The summed E-state index contributed by atoms with van der Waals surface area (Å²) in [4.78, 5) is 0. The Morgan fingerprint density at radius 2 is 1.67 bits per heavy atom. The van der Waals surface area contributed by atoms with Crippen LogP contribution in [0.15, 0.2) is 0 Å². The third kappa shape index (κ3) is 10.2. The van der Waals surface area contributed by atoms with Crippen molar-refractivity contribution in [1.29, 1.82) is 0 Å². The van der Waals surface area contributed by atoms with Crippen LogP contribution >= 0.6 is 0 Å². The Kier molecular flexibility index (Phi) is 10.4. The van der Waals surface area contributed by atoms with Gasteiger partial charge in [-0.15, -0.1) is 0 Å². The van der Waals surface area contributed by atoms with Crippen LogP contribution in [-0.2, 0) is 0 Å². The van der Waals surface area contributed by atoms with E-state index in [0.29, 0.717) is 0 Å². The second-order valence-electron chi connectivity index (χ2n) is 5.26. The number of hydrogen-bond donors (Lipinski definition) is 1. The van der Waals surface area contributed by atoms with Crippen molar-refractivity contribution in [2.75, 3.05) is 13.6 Å². The average molecular weight is 213 g/mol. The normalized spacial score (nSPS) is 13.4. The van der Waals surface area contributed by atoms with Crippen molar-refractivity contribution < 1.29 is 0 Å². The predicted octanol–water partition coefficient (Wildman–Crippen LogP) is 4.23. The summed E-state index contributed by atoms with van der Waals surface area (Å²) in [5.74, 6) is 1.75. The van der Waals surface area contributed by atoms with Gasteiger partial charge in [-0.1, -0.05) is 52.9 Å². The molecule has 1 nitrogen and oxygen atoms in total. The van der Waals surface area contributed by atoms with Gasteiger partial charge in [-0.2, -0.15) is 0 Å².